The lowest BCUT2D eigenvalue weighted by molar-refractivity contribution is -0.141. The van der Waals surface area contributed by atoms with Gasteiger partial charge >= 0.3 is 0 Å². The SMILES string of the molecule is CC[C@@H](C)N1CCC[C@@]2(CCC(=O)N2CC(=O)N2CCCC2)CC1. The van der Waals surface area contributed by atoms with Gasteiger partial charge in [-0.25, -0.2) is 0 Å². The number of rotatable bonds is 4. The van der Waals surface area contributed by atoms with Gasteiger partial charge in [0.05, 0.1) is 0 Å². The Bertz CT molecular complexity index is 475. The molecule has 0 N–H and O–H groups in total. The number of hydrogen-bond donors (Lipinski definition) is 0. The highest BCUT2D eigenvalue weighted by molar-refractivity contribution is 5.87. The van der Waals surface area contributed by atoms with Gasteiger partial charge < -0.3 is 14.7 Å². The number of hydrogen-bond acceptors (Lipinski definition) is 3. The van der Waals surface area contributed by atoms with Crippen molar-refractivity contribution in [2.45, 2.75) is 76.8 Å². The van der Waals surface area contributed by atoms with E-state index in [1.807, 2.05) is 9.80 Å². The van der Waals surface area contributed by atoms with Crippen LogP contribution in [0.1, 0.15) is 65.2 Å². The second-order valence-electron chi connectivity index (χ2n) is 7.94. The number of amides is 2. The summed E-state index contributed by atoms with van der Waals surface area (Å²) in [5.41, 5.74) is -0.0608. The fourth-order valence-corrected chi connectivity index (χ4v) is 4.75. The van der Waals surface area contributed by atoms with Gasteiger partial charge in [-0.2, -0.15) is 0 Å². The minimum atomic E-state index is -0.0608. The zero-order valence-corrected chi connectivity index (χ0v) is 15.4. The fourth-order valence-electron chi connectivity index (χ4n) is 4.75. The van der Waals surface area contributed by atoms with Crippen molar-refractivity contribution < 1.29 is 9.59 Å². The Morgan fingerprint density at radius 1 is 1.08 bits per heavy atom. The third-order valence-corrected chi connectivity index (χ3v) is 6.60. The second-order valence-corrected chi connectivity index (χ2v) is 7.94. The molecule has 3 rings (SSSR count). The van der Waals surface area contributed by atoms with Crippen molar-refractivity contribution in [3.8, 4) is 0 Å². The Hall–Kier alpha value is -1.10. The standard InChI is InChI=1S/C19H33N3O2/c1-3-16(2)20-13-6-8-19(10-14-20)9-7-17(23)22(19)15-18(24)21-11-4-5-12-21/h16H,3-15H2,1-2H3/t16-,19-/m1/s1. The van der Waals surface area contributed by atoms with Crippen LogP contribution in [-0.4, -0.2) is 70.8 Å². The van der Waals surface area contributed by atoms with E-state index < -0.39 is 0 Å². The van der Waals surface area contributed by atoms with E-state index in [9.17, 15) is 9.59 Å². The summed E-state index contributed by atoms with van der Waals surface area (Å²) in [5, 5.41) is 0. The molecule has 0 unspecified atom stereocenters. The number of carbonyl (C=O) groups excluding carboxylic acids is 2. The topological polar surface area (TPSA) is 43.9 Å². The molecule has 5 nitrogen and oxygen atoms in total. The molecule has 2 amide bonds. The lowest BCUT2D eigenvalue weighted by atomic mass is 9.87. The van der Waals surface area contributed by atoms with E-state index in [1.54, 1.807) is 0 Å². The summed E-state index contributed by atoms with van der Waals surface area (Å²) in [6, 6.07) is 0.608. The molecule has 3 heterocycles. The molecule has 136 valence electrons. The molecule has 0 aromatic rings. The van der Waals surface area contributed by atoms with Crippen LogP contribution in [-0.2, 0) is 9.59 Å². The molecule has 0 aromatic heterocycles. The van der Waals surface area contributed by atoms with Crippen LogP contribution in [0, 0.1) is 0 Å². The van der Waals surface area contributed by atoms with Gasteiger partial charge in [0, 0.05) is 37.6 Å². The van der Waals surface area contributed by atoms with E-state index in [2.05, 4.69) is 18.7 Å². The summed E-state index contributed by atoms with van der Waals surface area (Å²) in [4.78, 5) is 31.6. The van der Waals surface area contributed by atoms with Crippen molar-refractivity contribution in [3.63, 3.8) is 0 Å². The highest BCUT2D eigenvalue weighted by Gasteiger charge is 2.46. The molecular weight excluding hydrogens is 302 g/mol. The third kappa shape index (κ3) is 3.46. The van der Waals surface area contributed by atoms with Crippen molar-refractivity contribution in [1.82, 2.24) is 14.7 Å². The normalized spacial score (nSPS) is 30.2. The van der Waals surface area contributed by atoms with Crippen molar-refractivity contribution in [3.05, 3.63) is 0 Å². The zero-order valence-electron chi connectivity index (χ0n) is 15.4. The van der Waals surface area contributed by atoms with E-state index in [1.165, 1.54) is 6.42 Å². The molecule has 3 saturated heterocycles. The predicted molar refractivity (Wildman–Crippen MR) is 94.7 cm³/mol. The van der Waals surface area contributed by atoms with Crippen molar-refractivity contribution in [2.24, 2.45) is 0 Å². The quantitative estimate of drug-likeness (QED) is 0.791. The minimum Gasteiger partial charge on any atom is -0.341 e. The minimum absolute atomic E-state index is 0.0608. The molecule has 3 aliphatic rings. The maximum atomic E-state index is 12.6. The van der Waals surface area contributed by atoms with E-state index in [4.69, 9.17) is 0 Å². The van der Waals surface area contributed by atoms with Crippen LogP contribution in [0.2, 0.25) is 0 Å². The van der Waals surface area contributed by atoms with E-state index >= 15 is 0 Å². The molecule has 3 aliphatic heterocycles. The van der Waals surface area contributed by atoms with Gasteiger partial charge in [-0.3, -0.25) is 9.59 Å². The van der Waals surface area contributed by atoms with Crippen LogP contribution < -0.4 is 0 Å². The first-order valence-electron chi connectivity index (χ1n) is 9.88. The highest BCUT2D eigenvalue weighted by Crippen LogP contribution is 2.39. The van der Waals surface area contributed by atoms with Gasteiger partial charge in [0.25, 0.3) is 0 Å². The molecule has 0 aliphatic carbocycles. The van der Waals surface area contributed by atoms with E-state index in [0.717, 1.165) is 64.7 Å². The summed E-state index contributed by atoms with van der Waals surface area (Å²) in [5.74, 6) is 0.352. The molecule has 24 heavy (non-hydrogen) atoms. The average molecular weight is 335 g/mol. The number of likely N-dealkylation sites (tertiary alicyclic amines) is 3. The lowest BCUT2D eigenvalue weighted by Crippen LogP contribution is -2.51. The molecule has 1 spiro atoms. The smallest absolute Gasteiger partial charge is 0.242 e. The van der Waals surface area contributed by atoms with Crippen LogP contribution in [0.3, 0.4) is 0 Å². The molecular formula is C19H33N3O2. The first-order valence-corrected chi connectivity index (χ1v) is 9.88. The van der Waals surface area contributed by atoms with Gasteiger partial charge in [-0.05, 0) is 58.4 Å². The van der Waals surface area contributed by atoms with Crippen LogP contribution in [0.4, 0.5) is 0 Å². The highest BCUT2D eigenvalue weighted by atomic mass is 16.2. The number of nitrogens with zero attached hydrogens (tertiary/aromatic N) is 3. The molecule has 0 saturated carbocycles. The van der Waals surface area contributed by atoms with Gasteiger partial charge in [-0.1, -0.05) is 6.92 Å². The van der Waals surface area contributed by atoms with Gasteiger partial charge in [0.1, 0.15) is 6.54 Å². The van der Waals surface area contributed by atoms with Crippen LogP contribution in [0.25, 0.3) is 0 Å². The predicted octanol–water partition coefficient (Wildman–Crippen LogP) is 2.25. The fraction of sp³-hybridized carbons (Fsp3) is 0.895. The van der Waals surface area contributed by atoms with Crippen LogP contribution in [0.5, 0.6) is 0 Å². The van der Waals surface area contributed by atoms with E-state index in [0.29, 0.717) is 19.0 Å². The average Bonchev–Trinajstić information content (AvgIpc) is 3.15. The Morgan fingerprint density at radius 2 is 1.83 bits per heavy atom. The maximum Gasteiger partial charge on any atom is 0.242 e. The maximum absolute atomic E-state index is 12.6. The Morgan fingerprint density at radius 3 is 2.54 bits per heavy atom. The first-order chi connectivity index (χ1) is 11.6. The summed E-state index contributed by atoms with van der Waals surface area (Å²) in [7, 11) is 0. The first kappa shape index (κ1) is 17.7. The molecule has 5 heteroatoms. The monoisotopic (exact) mass is 335 g/mol. The van der Waals surface area contributed by atoms with E-state index in [-0.39, 0.29) is 17.4 Å². The second kappa shape index (κ2) is 7.42. The molecule has 2 atom stereocenters. The van der Waals surface area contributed by atoms with Gasteiger partial charge in [-0.15, -0.1) is 0 Å². The Kier molecular flexibility index (Phi) is 5.48. The largest absolute Gasteiger partial charge is 0.341 e. The van der Waals surface area contributed by atoms with Crippen molar-refractivity contribution in [1.29, 1.82) is 0 Å². The van der Waals surface area contributed by atoms with Crippen molar-refractivity contribution >= 4 is 11.8 Å². The Balaban J connectivity index is 1.68. The summed E-state index contributed by atoms with van der Waals surface area (Å²) < 4.78 is 0. The summed E-state index contributed by atoms with van der Waals surface area (Å²) >= 11 is 0. The van der Waals surface area contributed by atoms with Crippen molar-refractivity contribution in [2.75, 3.05) is 32.7 Å². The molecule has 3 fully saturated rings. The number of carbonyl (C=O) groups is 2. The lowest BCUT2D eigenvalue weighted by Gasteiger charge is -2.38. The summed E-state index contributed by atoms with van der Waals surface area (Å²) in [6.07, 6.45) is 8.15. The Labute approximate surface area is 146 Å². The van der Waals surface area contributed by atoms with Gasteiger partial charge in [0.15, 0.2) is 0 Å². The van der Waals surface area contributed by atoms with Gasteiger partial charge in [0.2, 0.25) is 11.8 Å². The molecule has 0 aromatic carbocycles. The third-order valence-electron chi connectivity index (χ3n) is 6.60. The van der Waals surface area contributed by atoms with Crippen LogP contribution in [0.15, 0.2) is 0 Å². The zero-order chi connectivity index (χ0) is 17.2. The molecule has 0 bridgehead atoms. The molecule has 0 radical (unpaired) electrons. The van der Waals surface area contributed by atoms with Crippen LogP contribution >= 0.6 is 0 Å². The summed E-state index contributed by atoms with van der Waals surface area (Å²) in [6.45, 7) is 8.76.